The van der Waals surface area contributed by atoms with Crippen molar-refractivity contribution in [2.24, 2.45) is 0 Å². The van der Waals surface area contributed by atoms with Crippen molar-refractivity contribution in [1.82, 2.24) is 29.5 Å². The minimum absolute atomic E-state index is 0.114. The Morgan fingerprint density at radius 1 is 1.03 bits per heavy atom. The molecule has 3 aromatic heterocycles. The lowest BCUT2D eigenvalue weighted by Crippen LogP contribution is -2.07. The summed E-state index contributed by atoms with van der Waals surface area (Å²) in [6.45, 7) is 4.12. The maximum atomic E-state index is 6.25. The minimum atomic E-state index is -0.114. The molecule has 0 amide bonds. The van der Waals surface area contributed by atoms with Gasteiger partial charge in [0.25, 0.3) is 0 Å². The fourth-order valence-corrected chi connectivity index (χ4v) is 3.89. The molecule has 0 aliphatic heterocycles. The number of nitrogens with two attached hydrogens (primary N) is 1. The number of benzene rings is 2. The Morgan fingerprint density at radius 2 is 1.84 bits per heavy atom. The number of nitrogen functional groups attached to an aromatic ring is 1. The predicted molar refractivity (Wildman–Crippen MR) is 122 cm³/mol. The van der Waals surface area contributed by atoms with E-state index in [4.69, 9.17) is 17.3 Å². The Labute approximate surface area is 184 Å². The summed E-state index contributed by atoms with van der Waals surface area (Å²) in [6, 6.07) is 15.7. The summed E-state index contributed by atoms with van der Waals surface area (Å²) in [5, 5.41) is 10.2. The van der Waals surface area contributed by atoms with Gasteiger partial charge in [-0.25, -0.2) is 14.6 Å². The second kappa shape index (κ2) is 7.52. The van der Waals surface area contributed by atoms with Crippen LogP contribution in [0.3, 0.4) is 0 Å². The largest absolute Gasteiger partial charge is 0.383 e. The van der Waals surface area contributed by atoms with Gasteiger partial charge >= 0.3 is 0 Å². The number of hydrogen-bond donors (Lipinski definition) is 1. The number of hydrogen-bond acceptors (Lipinski definition) is 5. The lowest BCUT2D eigenvalue weighted by molar-refractivity contribution is 0.635. The summed E-state index contributed by atoms with van der Waals surface area (Å²) in [4.78, 5) is 8.72. The molecule has 0 saturated carbocycles. The predicted octanol–water partition coefficient (Wildman–Crippen LogP) is 4.83. The number of aryl methyl sites for hydroxylation is 1. The van der Waals surface area contributed by atoms with Gasteiger partial charge < -0.3 is 10.3 Å². The molecular formula is C23H20ClN7. The van der Waals surface area contributed by atoms with Gasteiger partial charge in [-0.3, -0.25) is 0 Å². The minimum Gasteiger partial charge on any atom is -0.383 e. The first-order valence-corrected chi connectivity index (χ1v) is 10.3. The summed E-state index contributed by atoms with van der Waals surface area (Å²) in [7, 11) is 0. The first-order chi connectivity index (χ1) is 15.0. The second-order valence-corrected chi connectivity index (χ2v) is 7.95. The van der Waals surface area contributed by atoms with Crippen molar-refractivity contribution in [3.8, 4) is 16.8 Å². The Bertz CT molecular complexity index is 1390. The van der Waals surface area contributed by atoms with Gasteiger partial charge in [0.1, 0.15) is 23.5 Å². The number of rotatable bonds is 4. The first-order valence-electron chi connectivity index (χ1n) is 9.87. The average Bonchev–Trinajstić information content (AvgIpc) is 3.40. The Kier molecular flexibility index (Phi) is 4.67. The van der Waals surface area contributed by atoms with E-state index in [-0.39, 0.29) is 6.04 Å². The second-order valence-electron chi connectivity index (χ2n) is 7.52. The molecule has 1 atom stereocenters. The van der Waals surface area contributed by atoms with E-state index in [9.17, 15) is 0 Å². The number of aromatic nitrogens is 6. The number of fused-ring (bicyclic) bond motifs is 1. The summed E-state index contributed by atoms with van der Waals surface area (Å²) < 4.78 is 3.84. The summed E-state index contributed by atoms with van der Waals surface area (Å²) >= 11 is 6.07. The van der Waals surface area contributed by atoms with E-state index in [1.54, 1.807) is 4.68 Å². The van der Waals surface area contributed by atoms with Crippen molar-refractivity contribution >= 4 is 28.5 Å². The van der Waals surface area contributed by atoms with Crippen LogP contribution in [0.1, 0.15) is 24.2 Å². The highest BCUT2D eigenvalue weighted by atomic mass is 35.5. The van der Waals surface area contributed by atoms with Gasteiger partial charge in [0.05, 0.1) is 23.3 Å². The van der Waals surface area contributed by atoms with Crippen molar-refractivity contribution in [2.45, 2.75) is 19.9 Å². The third kappa shape index (κ3) is 3.43. The molecule has 0 spiro atoms. The van der Waals surface area contributed by atoms with Gasteiger partial charge in [-0.1, -0.05) is 41.1 Å². The molecule has 5 rings (SSSR count). The standard InChI is InChI=1S/C23H20ClN7/c1-14-4-3-5-18(10-14)31-12-20(28-29-31)15(2)30-11-19(16-6-8-17(24)9-7-16)21-22(25)26-13-27-23(21)30/h3-13,15H,1-2H3,(H2,25,26,27). The molecule has 1 unspecified atom stereocenters. The van der Waals surface area contributed by atoms with Gasteiger partial charge in [-0.15, -0.1) is 5.10 Å². The third-order valence-corrected chi connectivity index (χ3v) is 5.67. The van der Waals surface area contributed by atoms with Crippen LogP contribution in [-0.4, -0.2) is 29.5 Å². The van der Waals surface area contributed by atoms with Crippen LogP contribution < -0.4 is 5.73 Å². The lowest BCUT2D eigenvalue weighted by atomic mass is 10.1. The van der Waals surface area contributed by atoms with E-state index in [0.717, 1.165) is 33.5 Å². The smallest absolute Gasteiger partial charge is 0.146 e. The van der Waals surface area contributed by atoms with E-state index in [0.29, 0.717) is 10.8 Å². The number of nitrogens with zero attached hydrogens (tertiary/aromatic N) is 6. The summed E-state index contributed by atoms with van der Waals surface area (Å²) in [6.07, 6.45) is 5.46. The lowest BCUT2D eigenvalue weighted by Gasteiger charge is -2.11. The summed E-state index contributed by atoms with van der Waals surface area (Å²) in [5.41, 5.74) is 11.9. The van der Waals surface area contributed by atoms with Crippen LogP contribution >= 0.6 is 11.6 Å². The molecule has 31 heavy (non-hydrogen) atoms. The van der Waals surface area contributed by atoms with Gasteiger partial charge in [0.2, 0.25) is 0 Å². The Morgan fingerprint density at radius 3 is 2.61 bits per heavy atom. The van der Waals surface area contributed by atoms with Crippen LogP contribution in [0, 0.1) is 6.92 Å². The van der Waals surface area contributed by atoms with E-state index < -0.39 is 0 Å². The van der Waals surface area contributed by atoms with Crippen LogP contribution in [0.25, 0.3) is 27.8 Å². The van der Waals surface area contributed by atoms with Gasteiger partial charge in [0, 0.05) is 16.8 Å². The monoisotopic (exact) mass is 429 g/mol. The maximum Gasteiger partial charge on any atom is 0.146 e. The maximum absolute atomic E-state index is 6.25. The molecular weight excluding hydrogens is 410 g/mol. The van der Waals surface area contributed by atoms with Crippen molar-refractivity contribution in [2.75, 3.05) is 5.73 Å². The molecule has 2 aromatic carbocycles. The van der Waals surface area contributed by atoms with Crippen molar-refractivity contribution in [3.63, 3.8) is 0 Å². The molecule has 0 saturated heterocycles. The number of halogens is 1. The quantitative estimate of drug-likeness (QED) is 0.442. The number of anilines is 1. The molecule has 0 bridgehead atoms. The Hall–Kier alpha value is -3.71. The highest BCUT2D eigenvalue weighted by Gasteiger charge is 2.21. The van der Waals surface area contributed by atoms with Gasteiger partial charge in [-0.2, -0.15) is 0 Å². The van der Waals surface area contributed by atoms with Crippen molar-refractivity contribution in [1.29, 1.82) is 0 Å². The molecule has 5 aromatic rings. The third-order valence-electron chi connectivity index (χ3n) is 5.42. The van der Waals surface area contributed by atoms with Crippen molar-refractivity contribution < 1.29 is 0 Å². The molecule has 3 heterocycles. The van der Waals surface area contributed by atoms with Gasteiger partial charge in [-0.05, 0) is 49.2 Å². The first kappa shape index (κ1) is 19.3. The van der Waals surface area contributed by atoms with E-state index in [1.807, 2.05) is 48.8 Å². The van der Waals surface area contributed by atoms with E-state index >= 15 is 0 Å². The highest BCUT2D eigenvalue weighted by molar-refractivity contribution is 6.30. The van der Waals surface area contributed by atoms with Crippen LogP contribution in [0.5, 0.6) is 0 Å². The Balaban J connectivity index is 1.61. The highest BCUT2D eigenvalue weighted by Crippen LogP contribution is 2.35. The van der Waals surface area contributed by atoms with Crippen LogP contribution in [0.4, 0.5) is 5.82 Å². The molecule has 8 heteroatoms. The van der Waals surface area contributed by atoms with Gasteiger partial charge in [0.15, 0.2) is 0 Å². The fraction of sp³-hybridized carbons (Fsp3) is 0.130. The summed E-state index contributed by atoms with van der Waals surface area (Å²) in [5.74, 6) is 0.435. The zero-order valence-electron chi connectivity index (χ0n) is 17.1. The van der Waals surface area contributed by atoms with E-state index in [2.05, 4.69) is 50.8 Å². The van der Waals surface area contributed by atoms with E-state index in [1.165, 1.54) is 11.9 Å². The van der Waals surface area contributed by atoms with Crippen LogP contribution in [-0.2, 0) is 0 Å². The molecule has 0 fully saturated rings. The molecule has 154 valence electrons. The fourth-order valence-electron chi connectivity index (χ4n) is 3.76. The normalized spacial score (nSPS) is 12.4. The zero-order chi connectivity index (χ0) is 21.5. The van der Waals surface area contributed by atoms with Crippen molar-refractivity contribution in [3.05, 3.63) is 83.5 Å². The topological polar surface area (TPSA) is 87.4 Å². The molecule has 0 radical (unpaired) electrons. The van der Waals surface area contributed by atoms with Crippen LogP contribution in [0.2, 0.25) is 5.02 Å². The molecule has 2 N–H and O–H groups in total. The zero-order valence-corrected chi connectivity index (χ0v) is 17.8. The molecule has 7 nitrogen and oxygen atoms in total. The molecule has 0 aliphatic rings. The SMILES string of the molecule is Cc1cccc(-n2cc(C(C)n3cc(-c4ccc(Cl)cc4)c4c(N)ncnc43)nn2)c1. The molecule has 0 aliphatic carbocycles. The van der Waals surface area contributed by atoms with Crippen LogP contribution in [0.15, 0.2) is 67.3 Å². The average molecular weight is 430 g/mol.